The third kappa shape index (κ3) is 4.45. The molecule has 116 valence electrons. The molecule has 2 aliphatic heterocycles. The maximum atomic E-state index is 12.0. The first kappa shape index (κ1) is 15.8. The van der Waals surface area contributed by atoms with Gasteiger partial charge in [-0.25, -0.2) is 0 Å². The van der Waals surface area contributed by atoms with Crippen molar-refractivity contribution in [1.29, 1.82) is 0 Å². The molecule has 0 aromatic carbocycles. The highest BCUT2D eigenvalue weighted by Crippen LogP contribution is 2.23. The van der Waals surface area contributed by atoms with Gasteiger partial charge in [-0.15, -0.1) is 0 Å². The van der Waals surface area contributed by atoms with Crippen molar-refractivity contribution in [2.24, 2.45) is 5.92 Å². The predicted octanol–water partition coefficient (Wildman–Crippen LogP) is 2.13. The van der Waals surface area contributed by atoms with E-state index in [1.54, 1.807) is 0 Å². The molecule has 2 fully saturated rings. The van der Waals surface area contributed by atoms with Crippen molar-refractivity contribution in [3.63, 3.8) is 0 Å². The second-order valence-corrected chi connectivity index (χ2v) is 6.69. The Bertz CT molecular complexity index is 304. The average Bonchev–Trinajstić information content (AvgIpc) is 2.46. The molecule has 0 aromatic heterocycles. The lowest BCUT2D eigenvalue weighted by atomic mass is 9.95. The van der Waals surface area contributed by atoms with E-state index in [0.29, 0.717) is 6.04 Å². The van der Waals surface area contributed by atoms with Gasteiger partial charge in [0.2, 0.25) is 5.91 Å². The summed E-state index contributed by atoms with van der Waals surface area (Å²) in [4.78, 5) is 16.6. The van der Waals surface area contributed by atoms with Gasteiger partial charge in [0.05, 0.1) is 6.10 Å². The summed E-state index contributed by atoms with van der Waals surface area (Å²) >= 11 is 0. The molecule has 2 rings (SSSR count). The monoisotopic (exact) mass is 282 g/mol. The van der Waals surface area contributed by atoms with Gasteiger partial charge in [0.25, 0.3) is 0 Å². The highest BCUT2D eigenvalue weighted by atomic mass is 16.5. The number of carbonyl (C=O) groups is 1. The summed E-state index contributed by atoms with van der Waals surface area (Å²) in [5.41, 5.74) is 0. The van der Waals surface area contributed by atoms with Crippen LogP contribution in [0.15, 0.2) is 0 Å². The largest absolute Gasteiger partial charge is 0.369 e. The molecule has 0 spiro atoms. The minimum absolute atomic E-state index is 0.131. The first-order valence-electron chi connectivity index (χ1n) is 8.19. The molecule has 4 nitrogen and oxygen atoms in total. The average molecular weight is 282 g/mol. The van der Waals surface area contributed by atoms with Gasteiger partial charge in [-0.3, -0.25) is 4.79 Å². The fourth-order valence-electron chi connectivity index (χ4n) is 3.20. The number of carbonyl (C=O) groups excluding carboxylic acids is 1. The summed E-state index contributed by atoms with van der Waals surface area (Å²) in [6.07, 6.45) is 5.05. The maximum absolute atomic E-state index is 12.0. The van der Waals surface area contributed by atoms with Crippen LogP contribution in [-0.2, 0) is 9.53 Å². The van der Waals surface area contributed by atoms with Crippen molar-refractivity contribution in [2.75, 3.05) is 32.8 Å². The van der Waals surface area contributed by atoms with Crippen LogP contribution < -0.4 is 0 Å². The Morgan fingerprint density at radius 3 is 2.25 bits per heavy atom. The van der Waals surface area contributed by atoms with Gasteiger partial charge in [0, 0.05) is 19.1 Å². The van der Waals surface area contributed by atoms with E-state index < -0.39 is 0 Å². The standard InChI is InChI=1S/C16H30N2O2/c1-13(2)20-12-16(19)18-10-6-15(7-11-18)17-8-4-14(3)5-9-17/h13-15H,4-12H2,1-3H3. The van der Waals surface area contributed by atoms with Gasteiger partial charge in [-0.05, 0) is 58.5 Å². The lowest BCUT2D eigenvalue weighted by molar-refractivity contribution is -0.139. The number of hydrogen-bond acceptors (Lipinski definition) is 3. The number of hydrogen-bond donors (Lipinski definition) is 0. The molecule has 0 N–H and O–H groups in total. The molecule has 4 heteroatoms. The van der Waals surface area contributed by atoms with E-state index in [-0.39, 0.29) is 18.6 Å². The molecule has 0 atom stereocenters. The molecule has 0 aliphatic carbocycles. The first-order valence-corrected chi connectivity index (χ1v) is 8.19. The van der Waals surface area contributed by atoms with Gasteiger partial charge in [0.1, 0.15) is 6.61 Å². The maximum Gasteiger partial charge on any atom is 0.248 e. The van der Waals surface area contributed by atoms with Crippen molar-refractivity contribution in [2.45, 2.75) is 58.6 Å². The van der Waals surface area contributed by atoms with Crippen molar-refractivity contribution >= 4 is 5.91 Å². The lowest BCUT2D eigenvalue weighted by Gasteiger charge is -2.41. The lowest BCUT2D eigenvalue weighted by Crippen LogP contribution is -2.49. The Morgan fingerprint density at radius 2 is 1.70 bits per heavy atom. The summed E-state index contributed by atoms with van der Waals surface area (Å²) in [5, 5.41) is 0. The van der Waals surface area contributed by atoms with Crippen LogP contribution in [0.4, 0.5) is 0 Å². The molecule has 0 unspecified atom stereocenters. The molecule has 0 radical (unpaired) electrons. The van der Waals surface area contributed by atoms with Crippen molar-refractivity contribution in [3.8, 4) is 0 Å². The number of amides is 1. The van der Waals surface area contributed by atoms with Crippen molar-refractivity contribution < 1.29 is 9.53 Å². The molecular weight excluding hydrogens is 252 g/mol. The van der Waals surface area contributed by atoms with E-state index in [4.69, 9.17) is 4.74 Å². The molecule has 2 aliphatic rings. The van der Waals surface area contributed by atoms with Crippen LogP contribution in [0.3, 0.4) is 0 Å². The van der Waals surface area contributed by atoms with E-state index in [9.17, 15) is 4.79 Å². The minimum Gasteiger partial charge on any atom is -0.369 e. The topological polar surface area (TPSA) is 32.8 Å². The summed E-state index contributed by atoms with van der Waals surface area (Å²) in [6.45, 7) is 10.8. The number of piperidine rings is 2. The van der Waals surface area contributed by atoms with E-state index >= 15 is 0 Å². The van der Waals surface area contributed by atoms with E-state index in [1.165, 1.54) is 25.9 Å². The van der Waals surface area contributed by atoms with Gasteiger partial charge in [0.15, 0.2) is 0 Å². The fraction of sp³-hybridized carbons (Fsp3) is 0.938. The Hall–Kier alpha value is -0.610. The summed E-state index contributed by atoms with van der Waals surface area (Å²) in [7, 11) is 0. The Morgan fingerprint density at radius 1 is 1.10 bits per heavy atom. The minimum atomic E-state index is 0.131. The van der Waals surface area contributed by atoms with Gasteiger partial charge >= 0.3 is 0 Å². The summed E-state index contributed by atoms with van der Waals surface area (Å²) < 4.78 is 5.41. The van der Waals surface area contributed by atoms with Crippen LogP contribution in [0, 0.1) is 5.92 Å². The zero-order valence-electron chi connectivity index (χ0n) is 13.3. The normalized spacial score (nSPS) is 23.5. The molecule has 1 amide bonds. The molecule has 20 heavy (non-hydrogen) atoms. The molecule has 2 saturated heterocycles. The molecule has 0 bridgehead atoms. The highest BCUT2D eigenvalue weighted by Gasteiger charge is 2.28. The Balaban J connectivity index is 1.70. The van der Waals surface area contributed by atoms with Crippen LogP contribution in [-0.4, -0.2) is 60.6 Å². The number of rotatable bonds is 4. The van der Waals surface area contributed by atoms with Crippen LogP contribution >= 0.6 is 0 Å². The number of nitrogens with zero attached hydrogens (tertiary/aromatic N) is 2. The van der Waals surface area contributed by atoms with E-state index in [1.807, 2.05) is 18.7 Å². The van der Waals surface area contributed by atoms with Gasteiger partial charge in [-0.2, -0.15) is 0 Å². The molecular formula is C16H30N2O2. The summed E-state index contributed by atoms with van der Waals surface area (Å²) in [6, 6.07) is 0.692. The first-order chi connectivity index (χ1) is 9.56. The Kier molecular flexibility index (Phi) is 5.85. The van der Waals surface area contributed by atoms with E-state index in [0.717, 1.165) is 31.8 Å². The molecule has 2 heterocycles. The number of likely N-dealkylation sites (tertiary alicyclic amines) is 2. The predicted molar refractivity (Wildman–Crippen MR) is 80.7 cm³/mol. The van der Waals surface area contributed by atoms with Crippen LogP contribution in [0.1, 0.15) is 46.5 Å². The summed E-state index contributed by atoms with van der Waals surface area (Å²) in [5.74, 6) is 1.05. The fourth-order valence-corrected chi connectivity index (χ4v) is 3.20. The Labute approximate surface area is 123 Å². The number of ether oxygens (including phenoxy) is 1. The highest BCUT2D eigenvalue weighted by molar-refractivity contribution is 5.77. The quantitative estimate of drug-likeness (QED) is 0.792. The van der Waals surface area contributed by atoms with E-state index in [2.05, 4.69) is 11.8 Å². The van der Waals surface area contributed by atoms with Gasteiger partial charge in [-0.1, -0.05) is 6.92 Å². The molecule has 0 aromatic rings. The smallest absolute Gasteiger partial charge is 0.248 e. The zero-order chi connectivity index (χ0) is 14.5. The second-order valence-electron chi connectivity index (χ2n) is 6.69. The third-order valence-corrected chi connectivity index (χ3v) is 4.69. The zero-order valence-corrected chi connectivity index (χ0v) is 13.3. The SMILES string of the molecule is CC1CCN(C2CCN(C(=O)COC(C)C)CC2)CC1. The van der Waals surface area contributed by atoms with Crippen LogP contribution in [0.25, 0.3) is 0 Å². The van der Waals surface area contributed by atoms with Crippen LogP contribution in [0.5, 0.6) is 0 Å². The third-order valence-electron chi connectivity index (χ3n) is 4.69. The van der Waals surface area contributed by atoms with Gasteiger partial charge < -0.3 is 14.5 Å². The van der Waals surface area contributed by atoms with Crippen LogP contribution in [0.2, 0.25) is 0 Å². The van der Waals surface area contributed by atoms with Crippen molar-refractivity contribution in [3.05, 3.63) is 0 Å². The van der Waals surface area contributed by atoms with Crippen molar-refractivity contribution in [1.82, 2.24) is 9.80 Å². The molecule has 0 saturated carbocycles. The second kappa shape index (κ2) is 7.41.